The van der Waals surface area contributed by atoms with Crippen molar-refractivity contribution in [2.75, 3.05) is 5.73 Å². The summed E-state index contributed by atoms with van der Waals surface area (Å²) >= 11 is 1.61. The second-order valence-electron chi connectivity index (χ2n) is 2.87. The summed E-state index contributed by atoms with van der Waals surface area (Å²) in [6.45, 7) is 6.35. The monoisotopic (exact) mass is 170 g/mol. The number of nitrogens with two attached hydrogens (primary N) is 1. The van der Waals surface area contributed by atoms with Crippen LogP contribution >= 0.6 is 11.3 Å². The fraction of sp³-hybridized carbons (Fsp3) is 0.625. The largest absolute Gasteiger partial charge is 0.389 e. The van der Waals surface area contributed by atoms with Crippen LogP contribution in [0.25, 0.3) is 0 Å². The molecule has 0 spiro atoms. The average molecular weight is 170 g/mol. The van der Waals surface area contributed by atoms with E-state index in [4.69, 9.17) is 5.73 Å². The Morgan fingerprint density at radius 3 is 2.45 bits per heavy atom. The zero-order valence-corrected chi connectivity index (χ0v) is 8.03. The molecule has 2 N–H and O–H groups in total. The Morgan fingerprint density at radius 2 is 2.18 bits per heavy atom. The van der Waals surface area contributed by atoms with Crippen molar-refractivity contribution >= 4 is 16.3 Å². The van der Waals surface area contributed by atoms with Gasteiger partial charge in [0.25, 0.3) is 0 Å². The van der Waals surface area contributed by atoms with Crippen LogP contribution in [0.4, 0.5) is 5.00 Å². The van der Waals surface area contributed by atoms with E-state index in [0.717, 1.165) is 22.1 Å². The van der Waals surface area contributed by atoms with Crippen LogP contribution in [0.2, 0.25) is 0 Å². The first kappa shape index (κ1) is 8.53. The molecule has 0 fully saturated rings. The summed E-state index contributed by atoms with van der Waals surface area (Å²) in [7, 11) is 0. The number of hydrogen-bond donors (Lipinski definition) is 1. The summed E-state index contributed by atoms with van der Waals surface area (Å²) in [4.78, 5) is 4.42. The van der Waals surface area contributed by atoms with Crippen molar-refractivity contribution in [3.63, 3.8) is 0 Å². The van der Waals surface area contributed by atoms with Crippen LogP contribution in [0.1, 0.15) is 37.4 Å². The minimum absolute atomic E-state index is 0.502. The summed E-state index contributed by atoms with van der Waals surface area (Å²) in [6, 6.07) is 0. The van der Waals surface area contributed by atoms with Crippen molar-refractivity contribution in [1.29, 1.82) is 0 Å². The van der Waals surface area contributed by atoms with E-state index in [1.165, 1.54) is 0 Å². The van der Waals surface area contributed by atoms with Crippen molar-refractivity contribution in [2.24, 2.45) is 0 Å². The van der Waals surface area contributed by atoms with Crippen molar-refractivity contribution in [2.45, 2.75) is 33.1 Å². The van der Waals surface area contributed by atoms with Crippen LogP contribution < -0.4 is 5.73 Å². The van der Waals surface area contributed by atoms with Crippen LogP contribution in [-0.2, 0) is 6.42 Å². The molecule has 0 unspecified atom stereocenters. The second-order valence-corrected chi connectivity index (χ2v) is 3.93. The number of anilines is 1. The summed E-state index contributed by atoms with van der Waals surface area (Å²) in [5.74, 6) is 0.502. The molecule has 0 saturated heterocycles. The number of aryl methyl sites for hydroxylation is 1. The van der Waals surface area contributed by atoms with E-state index in [1.54, 1.807) is 11.3 Å². The molecule has 62 valence electrons. The standard InChI is InChI=1S/C8H14N2S/c1-4-6-7(9)11-8(10-6)5(2)3/h5H,4,9H2,1-3H3. The zero-order valence-electron chi connectivity index (χ0n) is 7.22. The summed E-state index contributed by atoms with van der Waals surface area (Å²) in [5.41, 5.74) is 6.80. The fourth-order valence-electron chi connectivity index (χ4n) is 0.883. The lowest BCUT2D eigenvalue weighted by Gasteiger charge is -1.94. The summed E-state index contributed by atoms with van der Waals surface area (Å²) in [6.07, 6.45) is 0.940. The van der Waals surface area contributed by atoms with Crippen LogP contribution in [0, 0.1) is 0 Å². The molecule has 0 saturated carbocycles. The van der Waals surface area contributed by atoms with Gasteiger partial charge in [-0.1, -0.05) is 20.8 Å². The minimum Gasteiger partial charge on any atom is -0.389 e. The first-order valence-electron chi connectivity index (χ1n) is 3.90. The van der Waals surface area contributed by atoms with Gasteiger partial charge in [0.05, 0.1) is 10.7 Å². The van der Waals surface area contributed by atoms with E-state index in [2.05, 4.69) is 25.8 Å². The fourth-order valence-corrected chi connectivity index (χ4v) is 1.81. The van der Waals surface area contributed by atoms with Crippen molar-refractivity contribution in [1.82, 2.24) is 4.98 Å². The van der Waals surface area contributed by atoms with Gasteiger partial charge in [-0.25, -0.2) is 4.98 Å². The van der Waals surface area contributed by atoms with Gasteiger partial charge in [0.1, 0.15) is 5.00 Å². The molecule has 0 aromatic carbocycles. The van der Waals surface area contributed by atoms with Crippen LogP contribution in [0.5, 0.6) is 0 Å². The Labute approximate surface area is 71.5 Å². The highest BCUT2D eigenvalue weighted by molar-refractivity contribution is 7.15. The van der Waals surface area contributed by atoms with Gasteiger partial charge in [-0.2, -0.15) is 0 Å². The first-order chi connectivity index (χ1) is 5.15. The van der Waals surface area contributed by atoms with E-state index in [1.807, 2.05) is 0 Å². The van der Waals surface area contributed by atoms with Crippen LogP contribution in [0.15, 0.2) is 0 Å². The van der Waals surface area contributed by atoms with E-state index in [9.17, 15) is 0 Å². The Balaban J connectivity index is 2.95. The SMILES string of the molecule is CCc1nc(C(C)C)sc1N. The van der Waals surface area contributed by atoms with Crippen LogP contribution in [-0.4, -0.2) is 4.98 Å². The molecule has 0 aliphatic rings. The molecule has 0 radical (unpaired) electrons. The molecule has 0 atom stereocenters. The second kappa shape index (κ2) is 3.22. The minimum atomic E-state index is 0.502. The van der Waals surface area contributed by atoms with Gasteiger partial charge in [-0.3, -0.25) is 0 Å². The maximum absolute atomic E-state index is 5.75. The molecule has 0 aliphatic heterocycles. The van der Waals surface area contributed by atoms with E-state index in [0.29, 0.717) is 5.92 Å². The highest BCUT2D eigenvalue weighted by Gasteiger charge is 2.08. The Bertz CT molecular complexity index is 240. The molecule has 11 heavy (non-hydrogen) atoms. The van der Waals surface area contributed by atoms with Gasteiger partial charge in [0.2, 0.25) is 0 Å². The molecular weight excluding hydrogens is 156 g/mol. The maximum atomic E-state index is 5.75. The number of nitrogens with zero attached hydrogens (tertiary/aromatic N) is 1. The van der Waals surface area contributed by atoms with Gasteiger partial charge >= 0.3 is 0 Å². The Kier molecular flexibility index (Phi) is 2.49. The molecule has 2 nitrogen and oxygen atoms in total. The lowest BCUT2D eigenvalue weighted by molar-refractivity contribution is 0.840. The highest BCUT2D eigenvalue weighted by Crippen LogP contribution is 2.26. The Morgan fingerprint density at radius 1 is 1.55 bits per heavy atom. The maximum Gasteiger partial charge on any atom is 0.109 e. The molecule has 0 aliphatic carbocycles. The molecule has 0 bridgehead atoms. The van der Waals surface area contributed by atoms with Gasteiger partial charge in [-0.05, 0) is 6.42 Å². The molecule has 0 amide bonds. The third kappa shape index (κ3) is 1.71. The third-order valence-corrected chi connectivity index (χ3v) is 2.80. The first-order valence-corrected chi connectivity index (χ1v) is 4.71. The predicted octanol–water partition coefficient (Wildman–Crippen LogP) is 2.41. The van der Waals surface area contributed by atoms with E-state index in [-0.39, 0.29) is 0 Å². The van der Waals surface area contributed by atoms with Crippen molar-refractivity contribution in [3.05, 3.63) is 10.7 Å². The number of nitrogen functional groups attached to an aromatic ring is 1. The lowest BCUT2D eigenvalue weighted by Crippen LogP contribution is -1.89. The number of hydrogen-bond acceptors (Lipinski definition) is 3. The quantitative estimate of drug-likeness (QED) is 0.740. The van der Waals surface area contributed by atoms with Crippen LogP contribution in [0.3, 0.4) is 0 Å². The van der Waals surface area contributed by atoms with Crippen molar-refractivity contribution < 1.29 is 0 Å². The van der Waals surface area contributed by atoms with Gasteiger partial charge < -0.3 is 5.73 Å². The van der Waals surface area contributed by atoms with Gasteiger partial charge in [0.15, 0.2) is 0 Å². The molecule has 1 heterocycles. The molecule has 1 aromatic heterocycles. The summed E-state index contributed by atoms with van der Waals surface area (Å²) < 4.78 is 0. The van der Waals surface area contributed by atoms with Gasteiger partial charge in [-0.15, -0.1) is 11.3 Å². The number of aromatic nitrogens is 1. The average Bonchev–Trinajstić information content (AvgIpc) is 2.31. The normalized spacial score (nSPS) is 10.9. The highest BCUT2D eigenvalue weighted by atomic mass is 32.1. The zero-order chi connectivity index (χ0) is 8.43. The predicted molar refractivity (Wildman–Crippen MR) is 50.0 cm³/mol. The number of rotatable bonds is 2. The topological polar surface area (TPSA) is 38.9 Å². The third-order valence-electron chi connectivity index (χ3n) is 1.57. The Hall–Kier alpha value is -0.570. The number of thiazole rings is 1. The lowest BCUT2D eigenvalue weighted by atomic mass is 10.2. The van der Waals surface area contributed by atoms with Crippen molar-refractivity contribution in [3.8, 4) is 0 Å². The van der Waals surface area contributed by atoms with Gasteiger partial charge in [0, 0.05) is 5.92 Å². The van der Waals surface area contributed by atoms with E-state index < -0.39 is 0 Å². The van der Waals surface area contributed by atoms with E-state index >= 15 is 0 Å². The molecule has 1 aromatic rings. The smallest absolute Gasteiger partial charge is 0.109 e. The molecule has 1 rings (SSSR count). The molecule has 3 heteroatoms. The molecular formula is C8H14N2S. The summed E-state index contributed by atoms with van der Waals surface area (Å²) in [5, 5.41) is 2.04.